The van der Waals surface area contributed by atoms with Gasteiger partial charge in [-0.1, -0.05) is 13.0 Å². The molecule has 0 aliphatic rings. The number of rotatable bonds is 8. The van der Waals surface area contributed by atoms with E-state index in [1.807, 2.05) is 13.0 Å². The summed E-state index contributed by atoms with van der Waals surface area (Å²) in [7, 11) is 0. The lowest BCUT2D eigenvalue weighted by Crippen LogP contribution is -2.39. The monoisotopic (exact) mass is 276 g/mol. The minimum Gasteiger partial charge on any atom is -0.352 e. The molecular weight excluding hydrogens is 256 g/mol. The number of aromatic nitrogens is 1. The van der Waals surface area contributed by atoms with Gasteiger partial charge in [-0.05, 0) is 24.1 Å². The smallest absolute Gasteiger partial charge is 0.244 e. The van der Waals surface area contributed by atoms with Crippen LogP contribution in [-0.2, 0) is 9.59 Å². The lowest BCUT2D eigenvalue weighted by atomic mass is 10.2. The Labute approximate surface area is 118 Å². The van der Waals surface area contributed by atoms with Gasteiger partial charge in [0.25, 0.3) is 0 Å². The maximum Gasteiger partial charge on any atom is 0.244 e. The zero-order chi connectivity index (χ0) is 14.6. The lowest BCUT2D eigenvalue weighted by Gasteiger charge is -2.05. The van der Waals surface area contributed by atoms with E-state index < -0.39 is 0 Å². The highest BCUT2D eigenvalue weighted by molar-refractivity contribution is 5.91. The predicted octanol–water partition coefficient (Wildman–Crippen LogP) is 0.632. The highest BCUT2D eigenvalue weighted by atomic mass is 16.2. The summed E-state index contributed by atoms with van der Waals surface area (Å²) in [4.78, 5) is 26.8. The molecule has 108 valence electrons. The van der Waals surface area contributed by atoms with E-state index >= 15 is 0 Å². The molecule has 20 heavy (non-hydrogen) atoms. The second-order valence-electron chi connectivity index (χ2n) is 4.14. The van der Waals surface area contributed by atoms with Crippen molar-refractivity contribution >= 4 is 17.9 Å². The van der Waals surface area contributed by atoms with Gasteiger partial charge in [-0.2, -0.15) is 0 Å². The first-order chi connectivity index (χ1) is 9.72. The Morgan fingerprint density at radius 1 is 1.35 bits per heavy atom. The second kappa shape index (κ2) is 9.69. The van der Waals surface area contributed by atoms with Crippen LogP contribution in [0, 0.1) is 0 Å². The molecule has 0 unspecified atom stereocenters. The van der Waals surface area contributed by atoms with Crippen molar-refractivity contribution < 1.29 is 9.59 Å². The molecule has 1 heterocycles. The van der Waals surface area contributed by atoms with Crippen LogP contribution in [0.5, 0.6) is 0 Å². The number of nitrogens with one attached hydrogen (secondary N) is 3. The normalized spacial score (nSPS) is 10.4. The van der Waals surface area contributed by atoms with Gasteiger partial charge in [0, 0.05) is 38.0 Å². The van der Waals surface area contributed by atoms with E-state index in [2.05, 4.69) is 21.2 Å². The average Bonchev–Trinajstić information content (AvgIpc) is 2.46. The summed E-state index contributed by atoms with van der Waals surface area (Å²) in [5.74, 6) is -0.377. The van der Waals surface area contributed by atoms with E-state index in [-0.39, 0.29) is 18.2 Å². The van der Waals surface area contributed by atoms with Crippen LogP contribution in [0.25, 0.3) is 6.08 Å². The zero-order valence-electron chi connectivity index (χ0n) is 11.6. The summed E-state index contributed by atoms with van der Waals surface area (Å²) in [5.41, 5.74) is 6.19. The molecule has 1 rings (SSSR count). The van der Waals surface area contributed by atoms with Gasteiger partial charge >= 0.3 is 0 Å². The van der Waals surface area contributed by atoms with Crippen LogP contribution in [-0.4, -0.2) is 29.9 Å². The van der Waals surface area contributed by atoms with Gasteiger partial charge in [-0.15, -0.1) is 0 Å². The van der Waals surface area contributed by atoms with Gasteiger partial charge in [0.1, 0.15) is 0 Å². The topological polar surface area (TPSA) is 83.1 Å². The number of amides is 2. The molecular formula is C14H20N4O2. The summed E-state index contributed by atoms with van der Waals surface area (Å²) in [6.07, 6.45) is 7.61. The highest BCUT2D eigenvalue weighted by Crippen LogP contribution is 1.97. The molecule has 0 saturated carbocycles. The molecule has 6 heteroatoms. The molecule has 0 radical (unpaired) electrons. The molecule has 3 N–H and O–H groups in total. The highest BCUT2D eigenvalue weighted by Gasteiger charge is 2.01. The first kappa shape index (κ1) is 15.8. The summed E-state index contributed by atoms with van der Waals surface area (Å²) < 4.78 is 0. The Kier molecular flexibility index (Phi) is 7.67. The number of carbonyl (C=O) groups excluding carboxylic acids is 2. The molecule has 2 amide bonds. The van der Waals surface area contributed by atoms with Crippen molar-refractivity contribution in [2.45, 2.75) is 19.8 Å². The van der Waals surface area contributed by atoms with E-state index in [1.165, 1.54) is 6.08 Å². The average molecular weight is 276 g/mol. The maximum atomic E-state index is 11.5. The fraction of sp³-hybridized carbons (Fsp3) is 0.357. The molecule has 0 saturated heterocycles. The van der Waals surface area contributed by atoms with E-state index in [0.717, 1.165) is 18.5 Å². The molecule has 0 bridgehead atoms. The molecule has 0 atom stereocenters. The van der Waals surface area contributed by atoms with E-state index in [4.69, 9.17) is 0 Å². The molecule has 6 nitrogen and oxygen atoms in total. The number of pyridine rings is 1. The number of hydrazine groups is 1. The fourth-order valence-electron chi connectivity index (χ4n) is 1.35. The minimum absolute atomic E-state index is 0.144. The van der Waals surface area contributed by atoms with Crippen molar-refractivity contribution in [3.05, 3.63) is 36.2 Å². The summed E-state index contributed by atoms with van der Waals surface area (Å²) in [6, 6.07) is 3.65. The molecule has 0 fully saturated rings. The molecule has 0 aromatic carbocycles. The predicted molar refractivity (Wildman–Crippen MR) is 77.3 cm³/mol. The Bertz CT molecular complexity index is 446. The van der Waals surface area contributed by atoms with Crippen LogP contribution in [0.2, 0.25) is 0 Å². The summed E-state index contributed by atoms with van der Waals surface area (Å²) in [5, 5.41) is 2.64. The molecule has 1 aromatic heterocycles. The first-order valence-corrected chi connectivity index (χ1v) is 6.60. The number of carbonyl (C=O) groups is 2. The molecule has 1 aromatic rings. The van der Waals surface area contributed by atoms with Gasteiger partial charge < -0.3 is 5.32 Å². The number of nitrogens with zero attached hydrogens (tertiary/aromatic N) is 1. The first-order valence-electron chi connectivity index (χ1n) is 6.60. The number of hydrogen-bond donors (Lipinski definition) is 3. The van der Waals surface area contributed by atoms with Crippen LogP contribution in [0.15, 0.2) is 30.6 Å². The van der Waals surface area contributed by atoms with Gasteiger partial charge in [0.2, 0.25) is 11.8 Å². The summed E-state index contributed by atoms with van der Waals surface area (Å²) >= 11 is 0. The Morgan fingerprint density at radius 2 is 2.20 bits per heavy atom. The third kappa shape index (κ3) is 7.27. The van der Waals surface area contributed by atoms with E-state index in [0.29, 0.717) is 6.54 Å². The number of hydrogen-bond acceptors (Lipinski definition) is 4. The van der Waals surface area contributed by atoms with Crippen molar-refractivity contribution in [2.75, 3.05) is 13.1 Å². The van der Waals surface area contributed by atoms with Crippen LogP contribution >= 0.6 is 0 Å². The van der Waals surface area contributed by atoms with Gasteiger partial charge in [-0.3, -0.25) is 20.0 Å². The second-order valence-corrected chi connectivity index (χ2v) is 4.14. The van der Waals surface area contributed by atoms with Gasteiger partial charge in [0.05, 0.1) is 0 Å². The van der Waals surface area contributed by atoms with Crippen molar-refractivity contribution in [1.29, 1.82) is 0 Å². The van der Waals surface area contributed by atoms with Crippen LogP contribution in [0.3, 0.4) is 0 Å². The van der Waals surface area contributed by atoms with Crippen molar-refractivity contribution in [3.63, 3.8) is 0 Å². The standard InChI is InChI=1S/C14H20N4O2/c1-2-8-17-18-14(20)7-10-16-13(19)6-5-12-4-3-9-15-11-12/h3-6,9,11,17H,2,7-8,10H2,1H3,(H,16,19)(H,18,20). The molecule has 0 aliphatic carbocycles. The quantitative estimate of drug-likeness (QED) is 0.369. The van der Waals surface area contributed by atoms with Crippen LogP contribution in [0.4, 0.5) is 0 Å². The van der Waals surface area contributed by atoms with Crippen LogP contribution in [0.1, 0.15) is 25.3 Å². The van der Waals surface area contributed by atoms with Crippen molar-refractivity contribution in [2.24, 2.45) is 0 Å². The molecule has 0 spiro atoms. The zero-order valence-corrected chi connectivity index (χ0v) is 11.6. The van der Waals surface area contributed by atoms with Gasteiger partial charge in [0.15, 0.2) is 0 Å². The Morgan fingerprint density at radius 3 is 2.90 bits per heavy atom. The Hall–Kier alpha value is -2.21. The van der Waals surface area contributed by atoms with Crippen LogP contribution < -0.4 is 16.2 Å². The third-order valence-corrected chi connectivity index (χ3v) is 2.37. The maximum absolute atomic E-state index is 11.5. The minimum atomic E-state index is -0.233. The van der Waals surface area contributed by atoms with Gasteiger partial charge in [-0.25, -0.2) is 5.43 Å². The fourth-order valence-corrected chi connectivity index (χ4v) is 1.35. The van der Waals surface area contributed by atoms with E-state index in [1.54, 1.807) is 24.5 Å². The van der Waals surface area contributed by atoms with E-state index in [9.17, 15) is 9.59 Å². The third-order valence-electron chi connectivity index (χ3n) is 2.37. The van der Waals surface area contributed by atoms with Crippen molar-refractivity contribution in [1.82, 2.24) is 21.2 Å². The lowest BCUT2D eigenvalue weighted by molar-refractivity contribution is -0.122. The summed E-state index contributed by atoms with van der Waals surface area (Å²) in [6.45, 7) is 3.04. The Balaban J connectivity index is 2.17. The molecule has 0 aliphatic heterocycles. The van der Waals surface area contributed by atoms with Crippen molar-refractivity contribution in [3.8, 4) is 0 Å². The SMILES string of the molecule is CCCNNC(=O)CCNC(=O)C=Cc1cccnc1. The largest absolute Gasteiger partial charge is 0.352 e.